The monoisotopic (exact) mass is 243 g/mol. The van der Waals surface area contributed by atoms with Crippen LogP contribution in [0.1, 0.15) is 38.1 Å². The fraction of sp³-hybridized carbons (Fsp3) is 0.364. The van der Waals surface area contributed by atoms with Crippen molar-refractivity contribution in [2.45, 2.75) is 27.5 Å². The lowest BCUT2D eigenvalue weighted by atomic mass is 10.1. The highest BCUT2D eigenvalue weighted by Crippen LogP contribution is 2.29. The van der Waals surface area contributed by atoms with Gasteiger partial charge in [-0.15, -0.1) is 0 Å². The smallest absolute Gasteiger partial charge is 0.249 e. The van der Waals surface area contributed by atoms with Crippen molar-refractivity contribution in [2.75, 3.05) is 0 Å². The van der Waals surface area contributed by atoms with Gasteiger partial charge in [0, 0.05) is 6.20 Å². The second-order valence-electron chi connectivity index (χ2n) is 2.34. The van der Waals surface area contributed by atoms with Crippen LogP contribution in [0.2, 0.25) is 0 Å². The van der Waals surface area contributed by atoms with Crippen LogP contribution in [0, 0.1) is 22.7 Å². The minimum Gasteiger partial charge on any atom is -0.249 e. The fourth-order valence-electron chi connectivity index (χ4n) is 0.837. The molecule has 1 aromatic rings. The number of pyridine rings is 1. The largest absolute Gasteiger partial charge is 0.434 e. The summed E-state index contributed by atoms with van der Waals surface area (Å²) in [4.78, 5) is 3.02. The standard InChI is InChI=1S/C8H2F3N3.C2H6.CH4/c9-8(10,11)7-6(3-13)1-5(2-12)4-14-7;1-2;/h1,4H;1-2H3;1H4. The molecule has 3 nitrogen and oxygen atoms in total. The molecule has 0 atom stereocenters. The third kappa shape index (κ3) is 4.52. The number of hydrogen-bond donors (Lipinski definition) is 0. The van der Waals surface area contributed by atoms with Crippen LogP contribution in [0.4, 0.5) is 13.2 Å². The molecule has 0 radical (unpaired) electrons. The summed E-state index contributed by atoms with van der Waals surface area (Å²) in [5.41, 5.74) is -1.98. The Bertz CT molecular complexity index is 439. The summed E-state index contributed by atoms with van der Waals surface area (Å²) in [6, 6.07) is 3.80. The molecule has 1 rings (SSSR count). The van der Waals surface area contributed by atoms with Gasteiger partial charge in [-0.2, -0.15) is 23.7 Å². The topological polar surface area (TPSA) is 60.5 Å². The minimum atomic E-state index is -4.67. The van der Waals surface area contributed by atoms with Gasteiger partial charge >= 0.3 is 6.18 Å². The number of alkyl halides is 3. The third-order valence-electron chi connectivity index (χ3n) is 1.41. The third-order valence-corrected chi connectivity index (χ3v) is 1.41. The maximum atomic E-state index is 12.2. The molecule has 1 heterocycles. The number of aromatic nitrogens is 1. The van der Waals surface area contributed by atoms with Gasteiger partial charge in [0.1, 0.15) is 12.1 Å². The quantitative estimate of drug-likeness (QED) is 0.700. The molecule has 0 aromatic carbocycles. The van der Waals surface area contributed by atoms with E-state index < -0.39 is 17.4 Å². The van der Waals surface area contributed by atoms with E-state index in [1.165, 1.54) is 6.07 Å². The molecule has 0 saturated heterocycles. The maximum absolute atomic E-state index is 12.2. The van der Waals surface area contributed by atoms with E-state index in [0.717, 1.165) is 12.3 Å². The first-order valence-corrected chi connectivity index (χ1v) is 4.36. The van der Waals surface area contributed by atoms with Crippen molar-refractivity contribution in [1.29, 1.82) is 10.5 Å². The van der Waals surface area contributed by atoms with Crippen LogP contribution in [-0.4, -0.2) is 4.98 Å². The van der Waals surface area contributed by atoms with E-state index in [2.05, 4.69) is 4.98 Å². The first kappa shape index (κ1) is 17.3. The summed E-state index contributed by atoms with van der Waals surface area (Å²) in [6.45, 7) is 4.00. The number of nitriles is 2. The molecule has 0 unspecified atom stereocenters. The van der Waals surface area contributed by atoms with Gasteiger partial charge in [0.15, 0.2) is 5.69 Å². The molecule has 0 bridgehead atoms. The lowest BCUT2D eigenvalue weighted by Gasteiger charge is -2.06. The molecule has 0 spiro atoms. The Labute approximate surface area is 98.1 Å². The summed E-state index contributed by atoms with van der Waals surface area (Å²) in [6.07, 6.45) is -3.89. The van der Waals surface area contributed by atoms with E-state index in [9.17, 15) is 13.2 Å². The Balaban J connectivity index is 0. The Morgan fingerprint density at radius 1 is 1.18 bits per heavy atom. The van der Waals surface area contributed by atoms with Gasteiger partial charge < -0.3 is 0 Å². The molecule has 1 aromatic heterocycles. The predicted octanol–water partition coefficient (Wildman–Crippen LogP) is 3.51. The van der Waals surface area contributed by atoms with Crippen LogP contribution in [-0.2, 0) is 6.18 Å². The second kappa shape index (κ2) is 7.24. The van der Waals surface area contributed by atoms with Crippen LogP contribution in [0.5, 0.6) is 0 Å². The number of hydrogen-bond acceptors (Lipinski definition) is 3. The lowest BCUT2D eigenvalue weighted by Crippen LogP contribution is -2.10. The first-order valence-electron chi connectivity index (χ1n) is 4.36. The summed E-state index contributed by atoms with van der Waals surface area (Å²) in [5.74, 6) is 0. The average molecular weight is 243 g/mol. The van der Waals surface area contributed by atoms with Crippen molar-refractivity contribution < 1.29 is 13.2 Å². The molecular formula is C11H12F3N3. The molecule has 0 aliphatic rings. The highest BCUT2D eigenvalue weighted by Gasteiger charge is 2.35. The van der Waals surface area contributed by atoms with Crippen LogP contribution < -0.4 is 0 Å². The predicted molar refractivity (Wildman–Crippen MR) is 56.7 cm³/mol. The van der Waals surface area contributed by atoms with Gasteiger partial charge in [-0.1, -0.05) is 21.3 Å². The Morgan fingerprint density at radius 2 is 1.71 bits per heavy atom. The molecule has 0 aliphatic heterocycles. The zero-order valence-electron chi connectivity index (χ0n) is 8.63. The zero-order chi connectivity index (χ0) is 12.8. The average Bonchev–Trinajstić information content (AvgIpc) is 2.29. The van der Waals surface area contributed by atoms with Gasteiger partial charge in [0.25, 0.3) is 0 Å². The van der Waals surface area contributed by atoms with Crippen molar-refractivity contribution in [3.63, 3.8) is 0 Å². The van der Waals surface area contributed by atoms with Gasteiger partial charge in [0.2, 0.25) is 0 Å². The molecule has 17 heavy (non-hydrogen) atoms. The molecule has 0 fully saturated rings. The molecule has 0 aliphatic carbocycles. The zero-order valence-corrected chi connectivity index (χ0v) is 8.63. The van der Waals surface area contributed by atoms with E-state index in [0.29, 0.717) is 0 Å². The van der Waals surface area contributed by atoms with E-state index in [4.69, 9.17) is 10.5 Å². The fourth-order valence-corrected chi connectivity index (χ4v) is 0.837. The summed E-state index contributed by atoms with van der Waals surface area (Å²) < 4.78 is 36.5. The Morgan fingerprint density at radius 3 is 2.06 bits per heavy atom. The van der Waals surface area contributed by atoms with Crippen LogP contribution in [0.15, 0.2) is 12.3 Å². The van der Waals surface area contributed by atoms with Crippen molar-refractivity contribution in [1.82, 2.24) is 4.98 Å². The maximum Gasteiger partial charge on any atom is 0.434 e. The number of halogens is 3. The Hall–Kier alpha value is -2.08. The molecule has 0 N–H and O–H groups in total. The van der Waals surface area contributed by atoms with Gasteiger partial charge in [-0.05, 0) is 6.07 Å². The van der Waals surface area contributed by atoms with Gasteiger partial charge in [0.05, 0.1) is 11.1 Å². The number of rotatable bonds is 0. The van der Waals surface area contributed by atoms with E-state index in [-0.39, 0.29) is 13.0 Å². The lowest BCUT2D eigenvalue weighted by molar-refractivity contribution is -0.141. The van der Waals surface area contributed by atoms with Crippen molar-refractivity contribution >= 4 is 0 Å². The van der Waals surface area contributed by atoms with Crippen LogP contribution in [0.3, 0.4) is 0 Å². The van der Waals surface area contributed by atoms with E-state index in [1.54, 1.807) is 6.07 Å². The second-order valence-corrected chi connectivity index (χ2v) is 2.34. The Kier molecular flexibility index (Phi) is 7.37. The van der Waals surface area contributed by atoms with Crippen molar-refractivity contribution in [3.05, 3.63) is 29.1 Å². The highest BCUT2D eigenvalue weighted by molar-refractivity contribution is 5.41. The van der Waals surface area contributed by atoms with Crippen LogP contribution in [0.25, 0.3) is 0 Å². The number of nitrogens with zero attached hydrogens (tertiary/aromatic N) is 3. The highest BCUT2D eigenvalue weighted by atomic mass is 19.4. The molecule has 92 valence electrons. The molecule has 0 saturated carbocycles. The van der Waals surface area contributed by atoms with Crippen LogP contribution >= 0.6 is 0 Å². The summed E-state index contributed by atoms with van der Waals surface area (Å²) in [7, 11) is 0. The normalized spacial score (nSPS) is 8.88. The van der Waals surface area contributed by atoms with Crippen molar-refractivity contribution in [3.8, 4) is 12.1 Å². The van der Waals surface area contributed by atoms with E-state index >= 15 is 0 Å². The van der Waals surface area contributed by atoms with Gasteiger partial charge in [-0.3, -0.25) is 0 Å². The molecular weight excluding hydrogens is 231 g/mol. The van der Waals surface area contributed by atoms with Gasteiger partial charge in [-0.25, -0.2) is 4.98 Å². The SMILES string of the molecule is C.CC.N#Cc1cnc(C(F)(F)F)c(C#N)c1. The minimum absolute atomic E-state index is 0. The summed E-state index contributed by atoms with van der Waals surface area (Å²) >= 11 is 0. The molecule has 0 amide bonds. The summed E-state index contributed by atoms with van der Waals surface area (Å²) in [5, 5.41) is 16.8. The van der Waals surface area contributed by atoms with Crippen molar-refractivity contribution in [2.24, 2.45) is 0 Å². The first-order chi connectivity index (χ1) is 7.49. The molecule has 6 heteroatoms. The van der Waals surface area contributed by atoms with E-state index in [1.807, 2.05) is 13.8 Å².